The Morgan fingerprint density at radius 2 is 1.91 bits per heavy atom. The van der Waals surface area contributed by atoms with Crippen LogP contribution in [-0.4, -0.2) is 40.4 Å². The second-order valence-corrected chi connectivity index (χ2v) is 5.46. The molecule has 22 heavy (non-hydrogen) atoms. The second-order valence-electron chi connectivity index (χ2n) is 5.46. The van der Waals surface area contributed by atoms with Gasteiger partial charge in [0.15, 0.2) is 0 Å². The minimum Gasteiger partial charge on any atom is -0.480 e. The largest absolute Gasteiger partial charge is 0.480 e. The summed E-state index contributed by atoms with van der Waals surface area (Å²) in [6.45, 7) is 2.33. The summed E-state index contributed by atoms with van der Waals surface area (Å²) in [7, 11) is 0. The van der Waals surface area contributed by atoms with Gasteiger partial charge in [-0.2, -0.15) is 0 Å². The number of nitrogens with one attached hydrogen (secondary N) is 1. The zero-order valence-electron chi connectivity index (χ0n) is 12.5. The van der Waals surface area contributed by atoms with Crippen LogP contribution in [0.1, 0.15) is 42.1 Å². The number of carbonyl (C=O) groups is 3. The molecular formula is C16H20N2O4. The van der Waals surface area contributed by atoms with E-state index < -0.39 is 12.0 Å². The van der Waals surface area contributed by atoms with Crippen molar-refractivity contribution in [1.29, 1.82) is 0 Å². The van der Waals surface area contributed by atoms with Crippen LogP contribution in [0.4, 0.5) is 0 Å². The Morgan fingerprint density at radius 3 is 2.50 bits per heavy atom. The van der Waals surface area contributed by atoms with E-state index in [9.17, 15) is 19.5 Å². The molecule has 2 amide bonds. The first-order chi connectivity index (χ1) is 10.5. The number of piperidine rings is 1. The van der Waals surface area contributed by atoms with Crippen LogP contribution in [-0.2, 0) is 16.1 Å². The van der Waals surface area contributed by atoms with Gasteiger partial charge >= 0.3 is 5.97 Å². The number of carboxylic acids is 1. The number of hydrogen-bond donors (Lipinski definition) is 2. The molecule has 0 aliphatic carbocycles. The second kappa shape index (κ2) is 7.06. The average molecular weight is 304 g/mol. The van der Waals surface area contributed by atoms with Gasteiger partial charge in [0.1, 0.15) is 6.04 Å². The quantitative estimate of drug-likeness (QED) is 0.880. The first kappa shape index (κ1) is 16.0. The number of amides is 2. The molecule has 0 radical (unpaired) electrons. The third-order valence-electron chi connectivity index (χ3n) is 3.79. The van der Waals surface area contributed by atoms with E-state index in [0.717, 1.165) is 18.4 Å². The standard InChI is InChI=1S/C16H20N2O4/c1-11(19)17-10-12-5-7-13(8-6-12)15(20)18-9-3-2-4-14(18)16(21)22/h5-8,14H,2-4,9-10H2,1H3,(H,17,19)(H,21,22). The fourth-order valence-electron chi connectivity index (χ4n) is 2.59. The van der Waals surface area contributed by atoms with Crippen molar-refractivity contribution in [2.75, 3.05) is 6.54 Å². The van der Waals surface area contributed by atoms with Gasteiger partial charge in [0.25, 0.3) is 5.91 Å². The molecule has 2 rings (SSSR count). The number of carbonyl (C=O) groups excluding carboxylic acids is 2. The summed E-state index contributed by atoms with van der Waals surface area (Å²) in [5.41, 5.74) is 1.36. The van der Waals surface area contributed by atoms with Gasteiger partial charge in [-0.25, -0.2) is 4.79 Å². The third-order valence-corrected chi connectivity index (χ3v) is 3.79. The van der Waals surface area contributed by atoms with Crippen LogP contribution < -0.4 is 5.32 Å². The molecule has 1 fully saturated rings. The van der Waals surface area contributed by atoms with Crippen molar-refractivity contribution in [2.45, 2.75) is 38.8 Å². The van der Waals surface area contributed by atoms with Crippen molar-refractivity contribution in [1.82, 2.24) is 10.2 Å². The molecule has 118 valence electrons. The highest BCUT2D eigenvalue weighted by Gasteiger charge is 2.32. The van der Waals surface area contributed by atoms with E-state index >= 15 is 0 Å². The average Bonchev–Trinajstić information content (AvgIpc) is 2.52. The molecular weight excluding hydrogens is 284 g/mol. The van der Waals surface area contributed by atoms with Crippen LogP contribution in [0, 0.1) is 0 Å². The summed E-state index contributed by atoms with van der Waals surface area (Å²) in [4.78, 5) is 36.1. The highest BCUT2D eigenvalue weighted by Crippen LogP contribution is 2.20. The molecule has 6 heteroatoms. The molecule has 1 unspecified atom stereocenters. The zero-order chi connectivity index (χ0) is 16.1. The molecule has 0 saturated carbocycles. The van der Waals surface area contributed by atoms with E-state index in [1.165, 1.54) is 11.8 Å². The van der Waals surface area contributed by atoms with Gasteiger partial charge in [0.2, 0.25) is 5.91 Å². The Hall–Kier alpha value is -2.37. The molecule has 0 spiro atoms. The van der Waals surface area contributed by atoms with Crippen LogP contribution in [0.25, 0.3) is 0 Å². The van der Waals surface area contributed by atoms with Gasteiger partial charge in [-0.1, -0.05) is 12.1 Å². The van der Waals surface area contributed by atoms with Gasteiger partial charge in [-0.05, 0) is 37.0 Å². The Balaban J connectivity index is 2.08. The summed E-state index contributed by atoms with van der Waals surface area (Å²) >= 11 is 0. The first-order valence-electron chi connectivity index (χ1n) is 7.36. The number of hydrogen-bond acceptors (Lipinski definition) is 3. The maximum Gasteiger partial charge on any atom is 0.326 e. The van der Waals surface area contributed by atoms with Gasteiger partial charge in [-0.3, -0.25) is 9.59 Å². The van der Waals surface area contributed by atoms with Crippen LogP contribution in [0.15, 0.2) is 24.3 Å². The van der Waals surface area contributed by atoms with E-state index in [-0.39, 0.29) is 11.8 Å². The highest BCUT2D eigenvalue weighted by atomic mass is 16.4. The summed E-state index contributed by atoms with van der Waals surface area (Å²) in [5.74, 6) is -1.31. The molecule has 1 saturated heterocycles. The van der Waals surface area contributed by atoms with Crippen molar-refractivity contribution in [3.63, 3.8) is 0 Å². The molecule has 6 nitrogen and oxygen atoms in total. The Morgan fingerprint density at radius 1 is 1.23 bits per heavy atom. The molecule has 1 aromatic carbocycles. The van der Waals surface area contributed by atoms with Crippen molar-refractivity contribution < 1.29 is 19.5 Å². The van der Waals surface area contributed by atoms with Crippen molar-refractivity contribution in [3.05, 3.63) is 35.4 Å². The summed E-state index contributed by atoms with van der Waals surface area (Å²) in [5, 5.41) is 11.9. The molecule has 1 heterocycles. The van der Waals surface area contributed by atoms with Gasteiger partial charge in [0, 0.05) is 25.6 Å². The smallest absolute Gasteiger partial charge is 0.326 e. The van der Waals surface area contributed by atoms with Crippen molar-refractivity contribution in [3.8, 4) is 0 Å². The number of rotatable bonds is 4. The highest BCUT2D eigenvalue weighted by molar-refractivity contribution is 5.96. The molecule has 0 bridgehead atoms. The lowest BCUT2D eigenvalue weighted by Crippen LogP contribution is -2.47. The lowest BCUT2D eigenvalue weighted by atomic mass is 10.0. The van der Waals surface area contributed by atoms with Crippen LogP contribution in [0.3, 0.4) is 0 Å². The van der Waals surface area contributed by atoms with E-state index in [1.54, 1.807) is 24.3 Å². The fourth-order valence-corrected chi connectivity index (χ4v) is 2.59. The number of likely N-dealkylation sites (tertiary alicyclic amines) is 1. The first-order valence-corrected chi connectivity index (χ1v) is 7.36. The van der Waals surface area contributed by atoms with Crippen LogP contribution in [0.2, 0.25) is 0 Å². The molecule has 0 aromatic heterocycles. The minimum absolute atomic E-state index is 0.113. The minimum atomic E-state index is -0.949. The molecule has 1 atom stereocenters. The SMILES string of the molecule is CC(=O)NCc1ccc(C(=O)N2CCCCC2C(=O)O)cc1. The monoisotopic (exact) mass is 304 g/mol. The number of nitrogens with zero attached hydrogens (tertiary/aromatic N) is 1. The van der Waals surface area contributed by atoms with Crippen molar-refractivity contribution in [2.24, 2.45) is 0 Å². The Bertz CT molecular complexity index is 568. The van der Waals surface area contributed by atoms with Crippen molar-refractivity contribution >= 4 is 17.8 Å². The fraction of sp³-hybridized carbons (Fsp3) is 0.438. The molecule has 1 aliphatic rings. The predicted molar refractivity (Wildman–Crippen MR) is 80.3 cm³/mol. The van der Waals surface area contributed by atoms with Crippen LogP contribution in [0.5, 0.6) is 0 Å². The van der Waals surface area contributed by atoms with Crippen LogP contribution >= 0.6 is 0 Å². The Labute approximate surface area is 129 Å². The molecule has 1 aromatic rings. The molecule has 1 aliphatic heterocycles. The van der Waals surface area contributed by atoms with E-state index in [4.69, 9.17) is 0 Å². The maximum atomic E-state index is 12.5. The van der Waals surface area contributed by atoms with Gasteiger partial charge < -0.3 is 15.3 Å². The van der Waals surface area contributed by atoms with Gasteiger partial charge in [0.05, 0.1) is 0 Å². The zero-order valence-corrected chi connectivity index (χ0v) is 12.5. The lowest BCUT2D eigenvalue weighted by molar-refractivity contribution is -0.143. The normalized spacial score (nSPS) is 17.9. The molecule has 2 N–H and O–H groups in total. The number of aliphatic carboxylic acids is 1. The van der Waals surface area contributed by atoms with E-state index in [2.05, 4.69) is 5.32 Å². The van der Waals surface area contributed by atoms with E-state index in [0.29, 0.717) is 25.1 Å². The topological polar surface area (TPSA) is 86.7 Å². The Kier molecular flexibility index (Phi) is 5.14. The summed E-state index contributed by atoms with van der Waals surface area (Å²) < 4.78 is 0. The lowest BCUT2D eigenvalue weighted by Gasteiger charge is -2.33. The predicted octanol–water partition coefficient (Wildman–Crippen LogP) is 1.40. The summed E-state index contributed by atoms with van der Waals surface area (Å²) in [6, 6.07) is 6.14. The van der Waals surface area contributed by atoms with E-state index in [1.807, 2.05) is 0 Å². The number of benzene rings is 1. The third kappa shape index (κ3) is 3.84. The summed E-state index contributed by atoms with van der Waals surface area (Å²) in [6.07, 6.45) is 2.16. The van der Waals surface area contributed by atoms with Gasteiger partial charge in [-0.15, -0.1) is 0 Å². The number of carboxylic acid groups (broad SMARTS) is 1. The maximum absolute atomic E-state index is 12.5.